The molecule has 0 saturated heterocycles. The van der Waals surface area contributed by atoms with Gasteiger partial charge in [-0.2, -0.15) is 13.2 Å². The summed E-state index contributed by atoms with van der Waals surface area (Å²) in [4.78, 5) is 1.83. The van der Waals surface area contributed by atoms with Gasteiger partial charge in [-0.1, -0.05) is 0 Å². The van der Waals surface area contributed by atoms with E-state index < -0.39 is 11.9 Å². The number of rotatable bonds is 1. The van der Waals surface area contributed by atoms with E-state index >= 15 is 0 Å². The van der Waals surface area contributed by atoms with Gasteiger partial charge in [0.1, 0.15) is 0 Å². The van der Waals surface area contributed by atoms with E-state index in [1.54, 1.807) is 0 Å². The molecular weight excluding hydrogens is 151 g/mol. The first-order valence-electron chi connectivity index (χ1n) is 2.16. The van der Waals surface area contributed by atoms with E-state index in [-0.39, 0.29) is 0 Å². The minimum absolute atomic E-state index is 0.368. The van der Waals surface area contributed by atoms with E-state index in [2.05, 4.69) is 5.11 Å². The summed E-state index contributed by atoms with van der Waals surface area (Å²) in [5, 5.41) is 10.4. The van der Waals surface area contributed by atoms with E-state index in [4.69, 9.17) is 10.6 Å². The monoisotopic (exact) mass is 155 g/mol. The zero-order valence-electron chi connectivity index (χ0n) is 4.92. The van der Waals surface area contributed by atoms with E-state index in [1.807, 2.05) is 4.91 Å². The molecule has 0 saturated carbocycles. The number of hydrogen-bond acceptors (Lipinski definition) is 2. The average molecular weight is 155 g/mol. The third-order valence-electron chi connectivity index (χ3n) is 0.776. The number of hydrogen-bond donors (Lipinski definition) is 1. The Bertz CT molecular complexity index is 168. The van der Waals surface area contributed by atoms with Crippen LogP contribution in [0.1, 0.15) is 6.92 Å². The molecule has 0 bridgehead atoms. The van der Waals surface area contributed by atoms with Crippen molar-refractivity contribution in [1.82, 2.24) is 0 Å². The minimum atomic E-state index is -4.92. The number of alkyl halides is 3. The smallest absolute Gasteiger partial charge is 0.377 e. The third kappa shape index (κ3) is 1.78. The zero-order chi connectivity index (χ0) is 8.41. The van der Waals surface area contributed by atoms with Crippen molar-refractivity contribution in [3.8, 4) is 0 Å². The van der Waals surface area contributed by atoms with Crippen LogP contribution in [0, 0.1) is 0 Å². The minimum Gasteiger partial charge on any atom is -0.377 e. The van der Waals surface area contributed by atoms with Crippen molar-refractivity contribution in [1.29, 1.82) is 0 Å². The summed E-state index contributed by atoms with van der Waals surface area (Å²) >= 11 is 0. The van der Waals surface area contributed by atoms with Gasteiger partial charge in [0.05, 0.1) is 0 Å². The molecule has 58 valence electrons. The van der Waals surface area contributed by atoms with Gasteiger partial charge in [0.25, 0.3) is 0 Å². The lowest BCUT2D eigenvalue weighted by Crippen LogP contribution is -2.39. The maximum atomic E-state index is 11.5. The molecule has 0 aliphatic rings. The largest absolute Gasteiger partial charge is 0.422 e. The van der Waals surface area contributed by atoms with Gasteiger partial charge in [0.2, 0.25) is 5.72 Å². The van der Waals surface area contributed by atoms with Crippen LogP contribution in [-0.4, -0.2) is 17.0 Å². The topological polar surface area (TPSA) is 69.0 Å². The molecule has 0 aromatic rings. The maximum absolute atomic E-state index is 11.5. The van der Waals surface area contributed by atoms with Gasteiger partial charge in [0, 0.05) is 4.91 Å². The maximum Gasteiger partial charge on any atom is 0.422 e. The van der Waals surface area contributed by atoms with Crippen LogP contribution < -0.4 is 0 Å². The summed E-state index contributed by atoms with van der Waals surface area (Å²) in [5.74, 6) is 0. The lowest BCUT2D eigenvalue weighted by atomic mass is 10.3. The highest BCUT2D eigenvalue weighted by molar-refractivity contribution is 4.78. The van der Waals surface area contributed by atoms with Crippen LogP contribution in [0.5, 0.6) is 0 Å². The summed E-state index contributed by atoms with van der Waals surface area (Å²) in [6, 6.07) is 0. The SMILES string of the molecule is CC(O)(N=[N+]=[N-])C(F)(F)F. The third-order valence-corrected chi connectivity index (χ3v) is 0.776. The molecule has 0 radical (unpaired) electrons. The highest BCUT2D eigenvalue weighted by atomic mass is 19.4. The van der Waals surface area contributed by atoms with Crippen LogP contribution in [0.25, 0.3) is 10.4 Å². The number of aliphatic hydroxyl groups is 1. The van der Waals surface area contributed by atoms with Crippen molar-refractivity contribution in [2.24, 2.45) is 5.11 Å². The molecule has 0 aromatic heterocycles. The van der Waals surface area contributed by atoms with E-state index in [9.17, 15) is 13.2 Å². The second-order valence-corrected chi connectivity index (χ2v) is 1.71. The Morgan fingerprint density at radius 3 is 2.00 bits per heavy atom. The fourth-order valence-electron chi connectivity index (χ4n) is 0.144. The molecule has 0 aliphatic carbocycles. The van der Waals surface area contributed by atoms with E-state index in [0.29, 0.717) is 6.92 Å². The van der Waals surface area contributed by atoms with E-state index in [1.165, 1.54) is 0 Å². The summed E-state index contributed by atoms with van der Waals surface area (Å²) in [6.07, 6.45) is -4.92. The lowest BCUT2D eigenvalue weighted by Gasteiger charge is -2.19. The summed E-state index contributed by atoms with van der Waals surface area (Å²) in [5.41, 5.74) is 4.26. The highest BCUT2D eigenvalue weighted by Gasteiger charge is 2.49. The Morgan fingerprint density at radius 2 is 1.90 bits per heavy atom. The molecule has 0 aromatic carbocycles. The van der Waals surface area contributed by atoms with Crippen molar-refractivity contribution in [3.63, 3.8) is 0 Å². The van der Waals surface area contributed by atoms with Gasteiger partial charge in [-0.15, -0.1) is 0 Å². The van der Waals surface area contributed by atoms with Crippen molar-refractivity contribution >= 4 is 0 Å². The molecule has 0 heterocycles. The normalized spacial score (nSPS) is 17.3. The van der Waals surface area contributed by atoms with E-state index in [0.717, 1.165) is 0 Å². The second-order valence-electron chi connectivity index (χ2n) is 1.71. The first-order chi connectivity index (χ1) is 4.31. The molecule has 0 spiro atoms. The molecule has 0 fully saturated rings. The Morgan fingerprint density at radius 1 is 1.50 bits per heavy atom. The van der Waals surface area contributed by atoms with Gasteiger partial charge in [0.15, 0.2) is 0 Å². The van der Waals surface area contributed by atoms with Crippen LogP contribution >= 0.6 is 0 Å². The fourth-order valence-corrected chi connectivity index (χ4v) is 0.144. The predicted octanol–water partition coefficient (Wildman–Crippen LogP) is 1.57. The van der Waals surface area contributed by atoms with Crippen LogP contribution in [0.15, 0.2) is 5.11 Å². The van der Waals surface area contributed by atoms with Gasteiger partial charge in [-0.3, -0.25) is 0 Å². The van der Waals surface area contributed by atoms with Gasteiger partial charge < -0.3 is 5.11 Å². The van der Waals surface area contributed by atoms with Crippen LogP contribution in [-0.2, 0) is 0 Å². The molecular formula is C3H4F3N3O. The first-order valence-corrected chi connectivity index (χ1v) is 2.16. The lowest BCUT2D eigenvalue weighted by molar-refractivity contribution is -0.249. The molecule has 4 nitrogen and oxygen atoms in total. The average Bonchev–Trinajstić information content (AvgIpc) is 1.61. The predicted molar refractivity (Wildman–Crippen MR) is 25.8 cm³/mol. The molecule has 1 atom stereocenters. The number of nitrogens with zero attached hydrogens (tertiary/aromatic N) is 3. The van der Waals surface area contributed by atoms with Gasteiger partial charge >= 0.3 is 6.18 Å². The van der Waals surface area contributed by atoms with Crippen molar-refractivity contribution < 1.29 is 18.3 Å². The molecule has 0 rings (SSSR count). The zero-order valence-corrected chi connectivity index (χ0v) is 4.92. The molecule has 0 aliphatic heterocycles. The number of azide groups is 1. The van der Waals surface area contributed by atoms with Crippen LogP contribution in [0.3, 0.4) is 0 Å². The standard InChI is InChI=1S/C3H4F3N3O/c1-2(10,8-9-7)3(4,5)6/h10H,1H3. The first kappa shape index (κ1) is 9.06. The molecule has 1 N–H and O–H groups in total. The molecule has 1 unspecified atom stereocenters. The quantitative estimate of drug-likeness (QED) is 0.348. The van der Waals surface area contributed by atoms with Crippen LogP contribution in [0.2, 0.25) is 0 Å². The molecule has 0 amide bonds. The van der Waals surface area contributed by atoms with Gasteiger partial charge in [-0.05, 0) is 17.6 Å². The Kier molecular flexibility index (Phi) is 2.13. The molecule has 10 heavy (non-hydrogen) atoms. The summed E-state index contributed by atoms with van der Waals surface area (Å²) in [6.45, 7) is 0.368. The summed E-state index contributed by atoms with van der Waals surface area (Å²) in [7, 11) is 0. The number of halogens is 3. The van der Waals surface area contributed by atoms with Gasteiger partial charge in [-0.25, -0.2) is 0 Å². The fraction of sp³-hybridized carbons (Fsp3) is 1.00. The second kappa shape index (κ2) is 2.36. The van der Waals surface area contributed by atoms with Crippen molar-refractivity contribution in [3.05, 3.63) is 10.4 Å². The van der Waals surface area contributed by atoms with Crippen molar-refractivity contribution in [2.45, 2.75) is 18.8 Å². The molecule has 7 heteroatoms. The Labute approximate surface area is 53.9 Å². The Balaban J connectivity index is 4.56. The summed E-state index contributed by atoms with van der Waals surface area (Å²) < 4.78 is 34.5. The van der Waals surface area contributed by atoms with Crippen LogP contribution in [0.4, 0.5) is 13.2 Å². The van der Waals surface area contributed by atoms with Crippen molar-refractivity contribution in [2.75, 3.05) is 0 Å². The highest BCUT2D eigenvalue weighted by Crippen LogP contribution is 2.30. The Hall–Kier alpha value is -0.940.